The number of hydrogen-bond donors (Lipinski definition) is 1. The van der Waals surface area contributed by atoms with Crippen molar-refractivity contribution < 1.29 is 38.4 Å². The van der Waals surface area contributed by atoms with Crippen LogP contribution in [0.1, 0.15) is 55.5 Å². The zero-order chi connectivity index (χ0) is 47.1. The molecule has 0 saturated heterocycles. The van der Waals surface area contributed by atoms with E-state index in [-0.39, 0.29) is 63.9 Å². The Kier molecular flexibility index (Phi) is 10.6. The largest absolute Gasteiger partial charge is 0.493 e. The second kappa shape index (κ2) is 15.8. The maximum Gasteiger partial charge on any atom is 0.274 e. The number of amides is 1. The van der Waals surface area contributed by atoms with E-state index in [1.807, 2.05) is 98.2 Å². The number of carbonyl (C=O) groups excluding carboxylic acids is 2. The Morgan fingerprint density at radius 2 is 1.15 bits per heavy atom. The molecule has 4 aliphatic rings. The molecule has 0 aliphatic carbocycles. The van der Waals surface area contributed by atoms with E-state index < -0.39 is 38.0 Å². The highest BCUT2D eigenvalue weighted by molar-refractivity contribution is 6.36. The number of ether oxygens (including phenoxy) is 4. The molecule has 0 fully saturated rings. The van der Waals surface area contributed by atoms with E-state index in [4.69, 9.17) is 42.1 Å². The number of fused-ring (bicyclic) bond motifs is 4. The standard InChI is InChI=1S/C49H43Cl2N5O10/c1-46(2)34-11-7-9-13-39(34)53(48(46)17-15-28-19-31(55(59)60)23-41(63-5)44(28)65-48)26-33(57)21-30-22-37(51)38(25-36(30)50)52-43(58)27-54-40-14-10-8-12-35(40)47(3,4)49(54)18-16-29-20-32(56(61)62)24-42(64-6)45(29)66-49/h7-20,22-25H,21,26-27H2,1-6H3,(H,52,58). The predicted octanol–water partition coefficient (Wildman–Crippen LogP) is 10.1. The van der Waals surface area contributed by atoms with Gasteiger partial charge in [0.25, 0.3) is 11.4 Å². The number of para-hydroxylation sites is 2. The molecule has 66 heavy (non-hydrogen) atoms. The molecule has 0 bridgehead atoms. The van der Waals surface area contributed by atoms with Crippen LogP contribution in [0.4, 0.5) is 28.4 Å². The van der Waals surface area contributed by atoms with Gasteiger partial charge in [-0.05, 0) is 93.0 Å². The average Bonchev–Trinajstić information content (AvgIpc) is 3.57. The highest BCUT2D eigenvalue weighted by atomic mass is 35.5. The van der Waals surface area contributed by atoms with E-state index in [9.17, 15) is 29.8 Å². The third kappa shape index (κ3) is 6.70. The monoisotopic (exact) mass is 931 g/mol. The van der Waals surface area contributed by atoms with Crippen LogP contribution in [-0.4, -0.2) is 60.3 Å². The summed E-state index contributed by atoms with van der Waals surface area (Å²) in [5, 5.41) is 26.7. The second-order valence-electron chi connectivity index (χ2n) is 17.6. The number of halogens is 2. The van der Waals surface area contributed by atoms with E-state index in [2.05, 4.69) is 5.32 Å². The topological polar surface area (TPSA) is 176 Å². The minimum Gasteiger partial charge on any atom is -0.493 e. The number of nitro groups is 2. The molecule has 5 aromatic rings. The fourth-order valence-corrected chi connectivity index (χ4v) is 10.3. The van der Waals surface area contributed by atoms with Crippen LogP contribution in [0, 0.1) is 20.2 Å². The molecular formula is C49H43Cl2N5O10. The molecule has 2 atom stereocenters. The van der Waals surface area contributed by atoms with Crippen molar-refractivity contribution in [2.45, 2.75) is 56.4 Å². The van der Waals surface area contributed by atoms with Crippen molar-refractivity contribution in [2.75, 3.05) is 42.4 Å². The number of benzene rings is 5. The first-order chi connectivity index (χ1) is 31.3. The smallest absolute Gasteiger partial charge is 0.274 e. The number of nitro benzene ring substituents is 2. The third-order valence-corrected chi connectivity index (χ3v) is 13.9. The molecule has 9 rings (SSSR count). The van der Waals surface area contributed by atoms with E-state index in [1.54, 1.807) is 18.2 Å². The molecule has 0 saturated carbocycles. The summed E-state index contributed by atoms with van der Waals surface area (Å²) in [5.41, 5.74) is 0.675. The summed E-state index contributed by atoms with van der Waals surface area (Å²) in [6.45, 7) is 7.72. The quantitative estimate of drug-likeness (QED) is 0.0982. The van der Waals surface area contributed by atoms with Crippen molar-refractivity contribution in [3.05, 3.63) is 155 Å². The molecule has 1 N–H and O–H groups in total. The molecule has 5 aromatic carbocycles. The number of rotatable bonds is 11. The Morgan fingerprint density at radius 3 is 1.62 bits per heavy atom. The van der Waals surface area contributed by atoms with E-state index in [1.165, 1.54) is 44.6 Å². The van der Waals surface area contributed by atoms with Crippen molar-refractivity contribution in [3.63, 3.8) is 0 Å². The first kappa shape index (κ1) is 44.1. The lowest BCUT2D eigenvalue weighted by Crippen LogP contribution is -2.61. The Hall–Kier alpha value is -7.10. The van der Waals surface area contributed by atoms with Gasteiger partial charge in [0.05, 0.1) is 64.3 Å². The number of carbonyl (C=O) groups is 2. The minimum absolute atomic E-state index is 0.110. The van der Waals surface area contributed by atoms with Gasteiger partial charge in [0.15, 0.2) is 28.8 Å². The van der Waals surface area contributed by atoms with Gasteiger partial charge in [-0.2, -0.15) is 0 Å². The summed E-state index contributed by atoms with van der Waals surface area (Å²) < 4.78 is 24.8. The van der Waals surface area contributed by atoms with Gasteiger partial charge in [-0.25, -0.2) is 0 Å². The molecule has 2 spiro atoms. The summed E-state index contributed by atoms with van der Waals surface area (Å²) >= 11 is 13.7. The van der Waals surface area contributed by atoms with Gasteiger partial charge in [0.2, 0.25) is 17.4 Å². The third-order valence-electron chi connectivity index (χ3n) is 13.3. The normalized spacial score (nSPS) is 19.9. The summed E-state index contributed by atoms with van der Waals surface area (Å²) in [6, 6.07) is 23.9. The van der Waals surface area contributed by atoms with Crippen molar-refractivity contribution >= 4 is 75.5 Å². The van der Waals surface area contributed by atoms with Crippen LogP contribution < -0.4 is 34.1 Å². The maximum atomic E-state index is 14.2. The van der Waals surface area contributed by atoms with Gasteiger partial charge in [-0.15, -0.1) is 0 Å². The number of methoxy groups -OCH3 is 2. The van der Waals surface area contributed by atoms with Gasteiger partial charge in [0, 0.05) is 46.1 Å². The van der Waals surface area contributed by atoms with E-state index >= 15 is 0 Å². The molecule has 338 valence electrons. The predicted molar refractivity (Wildman–Crippen MR) is 252 cm³/mol. The molecule has 15 nitrogen and oxygen atoms in total. The van der Waals surface area contributed by atoms with Gasteiger partial charge < -0.3 is 34.1 Å². The Labute approximate surface area is 389 Å². The van der Waals surface area contributed by atoms with Crippen LogP contribution in [0.3, 0.4) is 0 Å². The number of anilines is 3. The number of nitrogens with one attached hydrogen (secondary N) is 1. The number of non-ortho nitro benzene ring substituents is 2. The summed E-state index contributed by atoms with van der Waals surface area (Å²) in [6.07, 6.45) is 7.04. The van der Waals surface area contributed by atoms with E-state index in [0.717, 1.165) is 22.5 Å². The lowest BCUT2D eigenvalue weighted by atomic mass is 9.76. The number of Topliss-reactive ketones (excluding diaryl/α,β-unsaturated/α-hetero) is 1. The highest BCUT2D eigenvalue weighted by Gasteiger charge is 2.61. The Balaban J connectivity index is 0.964. The molecular weight excluding hydrogens is 889 g/mol. The summed E-state index contributed by atoms with van der Waals surface area (Å²) in [4.78, 5) is 54.5. The van der Waals surface area contributed by atoms with Crippen molar-refractivity contribution in [1.29, 1.82) is 0 Å². The zero-order valence-electron chi connectivity index (χ0n) is 36.6. The van der Waals surface area contributed by atoms with E-state index in [0.29, 0.717) is 28.2 Å². The van der Waals surface area contributed by atoms with Crippen LogP contribution in [0.2, 0.25) is 10.0 Å². The second-order valence-corrected chi connectivity index (χ2v) is 18.4. The van der Waals surface area contributed by atoms with Crippen molar-refractivity contribution in [2.24, 2.45) is 0 Å². The van der Waals surface area contributed by atoms with Gasteiger partial charge in [0.1, 0.15) is 6.54 Å². The molecule has 4 heterocycles. The van der Waals surface area contributed by atoms with Crippen molar-refractivity contribution in [1.82, 2.24) is 0 Å². The SMILES string of the molecule is COc1cc([N+](=O)[O-])cc2c1OC1(C=C2)N(CC(=O)Cc2cc(Cl)c(NC(=O)CN3c4ccccc4C(C)(C)C34C=Cc3cc([N+](=O)[O-])cc(OC)c3O4)cc2Cl)c2ccccc2C1(C)C. The fraction of sp³-hybridized carbons (Fsp3) is 0.265. The number of hydrogen-bond acceptors (Lipinski definition) is 12. The Bertz CT molecular complexity index is 2790. The van der Waals surface area contributed by atoms with Crippen LogP contribution in [0.25, 0.3) is 12.2 Å². The van der Waals surface area contributed by atoms with Crippen molar-refractivity contribution in [3.8, 4) is 23.0 Å². The first-order valence-electron chi connectivity index (χ1n) is 20.9. The highest BCUT2D eigenvalue weighted by Crippen LogP contribution is 2.58. The zero-order valence-corrected chi connectivity index (χ0v) is 38.2. The summed E-state index contributed by atoms with van der Waals surface area (Å²) in [7, 11) is 2.82. The summed E-state index contributed by atoms with van der Waals surface area (Å²) in [5.74, 6) is 0.300. The first-order valence-corrected chi connectivity index (χ1v) is 21.6. The number of nitrogens with zero attached hydrogens (tertiary/aromatic N) is 4. The molecule has 4 aliphatic heterocycles. The Morgan fingerprint density at radius 1 is 0.682 bits per heavy atom. The maximum absolute atomic E-state index is 14.2. The van der Waals surface area contributed by atoms with Gasteiger partial charge in [-0.3, -0.25) is 29.8 Å². The molecule has 2 unspecified atom stereocenters. The minimum atomic E-state index is -1.27. The molecule has 17 heteroatoms. The van der Waals surface area contributed by atoms with Gasteiger partial charge in [-0.1, -0.05) is 59.6 Å². The average molecular weight is 933 g/mol. The van der Waals surface area contributed by atoms with Crippen LogP contribution >= 0.6 is 23.2 Å². The number of ketones is 1. The van der Waals surface area contributed by atoms with Crippen LogP contribution in [-0.2, 0) is 26.8 Å². The fourth-order valence-electron chi connectivity index (χ4n) is 9.84. The lowest BCUT2D eigenvalue weighted by molar-refractivity contribution is -0.385. The van der Waals surface area contributed by atoms with Crippen LogP contribution in [0.5, 0.6) is 23.0 Å². The van der Waals surface area contributed by atoms with Crippen LogP contribution in [0.15, 0.2) is 97.1 Å². The van der Waals surface area contributed by atoms with Gasteiger partial charge >= 0.3 is 0 Å². The molecule has 0 aromatic heterocycles. The molecule has 0 radical (unpaired) electrons. The molecule has 1 amide bonds. The lowest BCUT2D eigenvalue weighted by Gasteiger charge is -2.47.